The number of halogens is 1. The van der Waals surface area contributed by atoms with Gasteiger partial charge in [0.1, 0.15) is 5.70 Å². The van der Waals surface area contributed by atoms with Crippen LogP contribution in [0.1, 0.15) is 47.2 Å². The van der Waals surface area contributed by atoms with Gasteiger partial charge in [0.15, 0.2) is 5.78 Å². The zero-order valence-corrected chi connectivity index (χ0v) is 17.1. The molecule has 0 saturated carbocycles. The summed E-state index contributed by atoms with van der Waals surface area (Å²) in [5, 5.41) is 0. The predicted octanol–water partition coefficient (Wildman–Crippen LogP) is 4.61. The molecule has 0 unspecified atom stereocenters. The predicted molar refractivity (Wildman–Crippen MR) is 114 cm³/mol. The summed E-state index contributed by atoms with van der Waals surface area (Å²) in [6, 6.07) is 16.2. The third kappa shape index (κ3) is 4.15. The first-order valence-electron chi connectivity index (χ1n) is 9.87. The maximum Gasteiger partial charge on any atom is 0.185 e. The molecule has 1 N–H and O–H groups in total. The van der Waals surface area contributed by atoms with Gasteiger partial charge < -0.3 is 4.90 Å². The second-order valence-electron chi connectivity index (χ2n) is 7.45. The van der Waals surface area contributed by atoms with Crippen LogP contribution in [-0.4, -0.2) is 18.9 Å². The third-order valence-electron chi connectivity index (χ3n) is 5.64. The highest BCUT2D eigenvalue weighted by atomic mass is 79.9. The van der Waals surface area contributed by atoms with E-state index in [-0.39, 0.29) is 5.78 Å². The highest BCUT2D eigenvalue weighted by Crippen LogP contribution is 2.31. The number of quaternary nitrogens is 1. The molecule has 4 rings (SSSR count). The Kier molecular flexibility index (Phi) is 5.70. The number of ketones is 1. The molecule has 1 aliphatic heterocycles. The summed E-state index contributed by atoms with van der Waals surface area (Å²) >= 11 is 3.45. The van der Waals surface area contributed by atoms with E-state index >= 15 is 0 Å². The topological polar surface area (TPSA) is 21.5 Å². The van der Waals surface area contributed by atoms with E-state index in [1.807, 2.05) is 24.3 Å². The van der Waals surface area contributed by atoms with E-state index in [0.29, 0.717) is 0 Å². The Balaban J connectivity index is 1.66. The van der Waals surface area contributed by atoms with E-state index < -0.39 is 0 Å². The molecular formula is C24H25BrNO+. The molecule has 0 atom stereocenters. The van der Waals surface area contributed by atoms with Crippen LogP contribution in [0.2, 0.25) is 0 Å². The number of likely N-dealkylation sites (tertiary alicyclic amines) is 1. The summed E-state index contributed by atoms with van der Waals surface area (Å²) in [7, 11) is 0. The maximum absolute atomic E-state index is 12.7. The molecule has 2 aromatic rings. The van der Waals surface area contributed by atoms with Gasteiger partial charge in [-0.05, 0) is 61.1 Å². The van der Waals surface area contributed by atoms with Crippen molar-refractivity contribution < 1.29 is 9.69 Å². The van der Waals surface area contributed by atoms with Crippen molar-refractivity contribution >= 4 is 27.3 Å². The van der Waals surface area contributed by atoms with Gasteiger partial charge in [-0.1, -0.05) is 52.3 Å². The van der Waals surface area contributed by atoms with Gasteiger partial charge in [0.05, 0.1) is 13.1 Å². The van der Waals surface area contributed by atoms with Gasteiger partial charge >= 0.3 is 0 Å². The van der Waals surface area contributed by atoms with Crippen molar-refractivity contribution in [3.05, 3.63) is 87.5 Å². The van der Waals surface area contributed by atoms with Crippen LogP contribution < -0.4 is 4.90 Å². The first-order chi connectivity index (χ1) is 13.2. The molecule has 2 aromatic carbocycles. The van der Waals surface area contributed by atoms with Gasteiger partial charge in [-0.15, -0.1) is 0 Å². The smallest absolute Gasteiger partial charge is 0.185 e. The second kappa shape index (κ2) is 8.37. The molecule has 1 saturated heterocycles. The van der Waals surface area contributed by atoms with E-state index in [0.717, 1.165) is 16.5 Å². The maximum atomic E-state index is 12.7. The summed E-state index contributed by atoms with van der Waals surface area (Å²) < 4.78 is 0.932. The molecule has 0 radical (unpaired) electrons. The van der Waals surface area contributed by atoms with Crippen molar-refractivity contribution in [3.8, 4) is 0 Å². The van der Waals surface area contributed by atoms with Crippen LogP contribution in [0.15, 0.2) is 70.9 Å². The van der Waals surface area contributed by atoms with E-state index in [9.17, 15) is 4.79 Å². The van der Waals surface area contributed by atoms with Crippen molar-refractivity contribution in [2.45, 2.75) is 32.1 Å². The third-order valence-corrected chi connectivity index (χ3v) is 6.14. The minimum absolute atomic E-state index is 0.0541. The fraction of sp³-hybridized carbons (Fsp3) is 0.292. The molecule has 138 valence electrons. The number of nitrogens with one attached hydrogen (secondary N) is 1. The highest BCUT2D eigenvalue weighted by Gasteiger charge is 2.28. The Hall–Kier alpha value is -1.97. The van der Waals surface area contributed by atoms with E-state index in [4.69, 9.17) is 0 Å². The van der Waals surface area contributed by atoms with E-state index in [2.05, 4.69) is 46.3 Å². The lowest BCUT2D eigenvalue weighted by Crippen LogP contribution is -3.10. The van der Waals surface area contributed by atoms with Crippen LogP contribution in [0.4, 0.5) is 0 Å². The lowest BCUT2D eigenvalue weighted by molar-refractivity contribution is -0.860. The number of benzene rings is 2. The van der Waals surface area contributed by atoms with Crippen LogP contribution in [-0.2, 0) is 6.42 Å². The Morgan fingerprint density at radius 2 is 1.74 bits per heavy atom. The van der Waals surface area contributed by atoms with Gasteiger partial charge in [0, 0.05) is 22.0 Å². The van der Waals surface area contributed by atoms with Crippen LogP contribution in [0.5, 0.6) is 0 Å². The standard InChI is InChI=1S/C24H24BrNO/c25-20-10-7-9-19(16-20)24(27)13-12-22-21-11-4-3-8-18(21)17-23(22)26-14-5-1-2-6-15-26/h3-4,7-13,16H,1-2,5-6,14-15,17H2/p+1/b13-12+. The monoisotopic (exact) mass is 422 g/mol. The van der Waals surface area contributed by atoms with E-state index in [1.54, 1.807) is 11.0 Å². The average molecular weight is 423 g/mol. The summed E-state index contributed by atoms with van der Waals surface area (Å²) in [5.41, 5.74) is 6.12. The number of hydrogen-bond acceptors (Lipinski definition) is 1. The average Bonchev–Trinajstić information content (AvgIpc) is 2.85. The zero-order valence-electron chi connectivity index (χ0n) is 15.5. The van der Waals surface area contributed by atoms with Crippen molar-refractivity contribution in [2.75, 3.05) is 13.1 Å². The molecule has 27 heavy (non-hydrogen) atoms. The number of carbonyl (C=O) groups excluding carboxylic acids is 1. The first kappa shape index (κ1) is 18.4. The fourth-order valence-corrected chi connectivity index (χ4v) is 4.64. The Bertz CT molecular complexity index is 904. The summed E-state index contributed by atoms with van der Waals surface area (Å²) in [6.07, 6.45) is 10.1. The normalized spacial score (nSPS) is 18.0. The molecule has 2 nitrogen and oxygen atoms in total. The minimum atomic E-state index is 0.0541. The number of carbonyl (C=O) groups is 1. The van der Waals surface area contributed by atoms with Gasteiger partial charge in [0.25, 0.3) is 0 Å². The molecule has 0 aromatic heterocycles. The van der Waals surface area contributed by atoms with Crippen molar-refractivity contribution in [1.29, 1.82) is 0 Å². The molecule has 0 spiro atoms. The van der Waals surface area contributed by atoms with Gasteiger partial charge in [-0.25, -0.2) is 0 Å². The SMILES string of the molecule is O=C(/C=C/C1=C([NH+]2CCCCCC2)Cc2ccccc21)c1cccc(Br)c1. The van der Waals surface area contributed by atoms with Gasteiger partial charge in [-0.2, -0.15) is 0 Å². The number of allylic oxidation sites excluding steroid dienone is 4. The molecule has 1 aliphatic carbocycles. The summed E-state index contributed by atoms with van der Waals surface area (Å²) in [5.74, 6) is 0.0541. The largest absolute Gasteiger partial charge is 0.305 e. The minimum Gasteiger partial charge on any atom is -0.305 e. The van der Waals surface area contributed by atoms with E-state index in [1.165, 1.54) is 61.2 Å². The van der Waals surface area contributed by atoms with Crippen LogP contribution >= 0.6 is 15.9 Å². The molecule has 1 heterocycles. The lowest BCUT2D eigenvalue weighted by atomic mass is 10.0. The van der Waals surface area contributed by atoms with Crippen molar-refractivity contribution in [1.82, 2.24) is 0 Å². The molecule has 3 heteroatoms. The fourth-order valence-electron chi connectivity index (χ4n) is 4.25. The Morgan fingerprint density at radius 1 is 0.963 bits per heavy atom. The van der Waals surface area contributed by atoms with Crippen LogP contribution in [0, 0.1) is 0 Å². The van der Waals surface area contributed by atoms with Crippen LogP contribution in [0.25, 0.3) is 5.57 Å². The lowest BCUT2D eigenvalue weighted by Gasteiger charge is -2.18. The summed E-state index contributed by atoms with van der Waals surface area (Å²) in [4.78, 5) is 14.3. The molecular weight excluding hydrogens is 398 g/mol. The van der Waals surface area contributed by atoms with Crippen molar-refractivity contribution in [3.63, 3.8) is 0 Å². The molecule has 2 aliphatic rings. The van der Waals surface area contributed by atoms with Crippen molar-refractivity contribution in [2.24, 2.45) is 0 Å². The first-order valence-corrected chi connectivity index (χ1v) is 10.7. The van der Waals surface area contributed by atoms with Gasteiger partial charge in [-0.3, -0.25) is 4.79 Å². The van der Waals surface area contributed by atoms with Gasteiger partial charge in [0.2, 0.25) is 0 Å². The highest BCUT2D eigenvalue weighted by molar-refractivity contribution is 9.10. The molecule has 0 amide bonds. The Morgan fingerprint density at radius 3 is 2.52 bits per heavy atom. The number of hydrogen-bond donors (Lipinski definition) is 1. The molecule has 1 fully saturated rings. The zero-order chi connectivity index (χ0) is 18.6. The number of fused-ring (bicyclic) bond motifs is 1. The number of rotatable bonds is 4. The molecule has 0 bridgehead atoms. The van der Waals surface area contributed by atoms with Crippen LogP contribution in [0.3, 0.4) is 0 Å². The Labute approximate surface area is 169 Å². The summed E-state index contributed by atoms with van der Waals surface area (Å²) in [6.45, 7) is 2.42. The second-order valence-corrected chi connectivity index (χ2v) is 8.37. The quantitative estimate of drug-likeness (QED) is 0.563.